The van der Waals surface area contributed by atoms with E-state index in [9.17, 15) is 0 Å². The third-order valence-corrected chi connectivity index (χ3v) is 3.42. The molecule has 0 N–H and O–H groups in total. The number of thiophene rings is 1. The molecule has 0 aromatic carbocycles. The van der Waals surface area contributed by atoms with E-state index in [2.05, 4.69) is 13.0 Å². The van der Waals surface area contributed by atoms with Gasteiger partial charge in [0.15, 0.2) is 6.29 Å². The highest BCUT2D eigenvalue weighted by molar-refractivity contribution is 7.10. The molecule has 0 amide bonds. The van der Waals surface area contributed by atoms with Crippen molar-refractivity contribution >= 4 is 22.9 Å². The Hall–Kier alpha value is -0.0900. The molecule has 1 aromatic rings. The third kappa shape index (κ3) is 1.89. The molecule has 0 spiro atoms. The predicted molar refractivity (Wildman–Crippen MR) is 53.3 cm³/mol. The summed E-state index contributed by atoms with van der Waals surface area (Å²) in [6.07, 6.45) is -0.142. The Kier molecular flexibility index (Phi) is 2.89. The van der Waals surface area contributed by atoms with E-state index in [1.165, 1.54) is 5.56 Å². The molecule has 72 valence electrons. The minimum absolute atomic E-state index is 0.0492. The van der Waals surface area contributed by atoms with Gasteiger partial charge in [0.2, 0.25) is 0 Å². The van der Waals surface area contributed by atoms with Crippen molar-refractivity contribution in [2.75, 3.05) is 12.5 Å². The van der Waals surface area contributed by atoms with Gasteiger partial charge in [0.05, 0.1) is 23.5 Å². The Balaban J connectivity index is 2.08. The van der Waals surface area contributed by atoms with Crippen molar-refractivity contribution in [1.29, 1.82) is 0 Å². The van der Waals surface area contributed by atoms with Gasteiger partial charge in [-0.3, -0.25) is 0 Å². The maximum Gasteiger partial charge on any atom is 0.193 e. The van der Waals surface area contributed by atoms with Gasteiger partial charge in [-0.15, -0.1) is 22.9 Å². The van der Waals surface area contributed by atoms with Crippen molar-refractivity contribution in [1.82, 2.24) is 0 Å². The molecule has 2 heterocycles. The summed E-state index contributed by atoms with van der Waals surface area (Å²) in [5.74, 6) is 0.501. The first-order chi connectivity index (χ1) is 6.31. The number of halogens is 1. The predicted octanol–water partition coefficient (Wildman–Crippen LogP) is 2.71. The van der Waals surface area contributed by atoms with E-state index in [-0.39, 0.29) is 12.4 Å². The van der Waals surface area contributed by atoms with Gasteiger partial charge in [-0.05, 0) is 23.9 Å². The van der Waals surface area contributed by atoms with E-state index in [0.29, 0.717) is 12.5 Å². The fraction of sp³-hybridized carbons (Fsp3) is 0.556. The monoisotopic (exact) mass is 218 g/mol. The number of hydrogen-bond acceptors (Lipinski definition) is 3. The smallest absolute Gasteiger partial charge is 0.193 e. The highest BCUT2D eigenvalue weighted by atomic mass is 35.5. The van der Waals surface area contributed by atoms with Crippen LogP contribution in [0.3, 0.4) is 0 Å². The van der Waals surface area contributed by atoms with Crippen LogP contribution in [0, 0.1) is 6.92 Å². The zero-order valence-electron chi connectivity index (χ0n) is 7.33. The normalized spacial score (nSPS) is 28.2. The lowest BCUT2D eigenvalue weighted by Gasteiger charge is -2.08. The van der Waals surface area contributed by atoms with Crippen LogP contribution in [0.1, 0.15) is 16.7 Å². The number of ether oxygens (including phenoxy) is 2. The second kappa shape index (κ2) is 3.96. The highest BCUT2D eigenvalue weighted by Crippen LogP contribution is 2.32. The van der Waals surface area contributed by atoms with Gasteiger partial charge in [-0.25, -0.2) is 0 Å². The minimum Gasteiger partial charge on any atom is -0.345 e. The molecule has 4 heteroatoms. The van der Waals surface area contributed by atoms with E-state index in [1.54, 1.807) is 11.3 Å². The van der Waals surface area contributed by atoms with Crippen molar-refractivity contribution in [3.63, 3.8) is 0 Å². The van der Waals surface area contributed by atoms with Crippen LogP contribution in [0.2, 0.25) is 0 Å². The van der Waals surface area contributed by atoms with Crippen LogP contribution in [0.15, 0.2) is 11.4 Å². The number of aryl methyl sites for hydroxylation is 1. The first kappa shape index (κ1) is 9.46. The quantitative estimate of drug-likeness (QED) is 0.711. The third-order valence-electron chi connectivity index (χ3n) is 2.04. The van der Waals surface area contributed by atoms with Crippen LogP contribution >= 0.6 is 22.9 Å². The molecule has 0 saturated carbocycles. The Bertz CT molecular complexity index is 287. The van der Waals surface area contributed by atoms with Gasteiger partial charge >= 0.3 is 0 Å². The Morgan fingerprint density at radius 3 is 3.08 bits per heavy atom. The second-order valence-electron chi connectivity index (χ2n) is 3.05. The van der Waals surface area contributed by atoms with Crippen LogP contribution in [0.5, 0.6) is 0 Å². The van der Waals surface area contributed by atoms with E-state index in [0.717, 1.165) is 4.88 Å². The van der Waals surface area contributed by atoms with E-state index >= 15 is 0 Å². The van der Waals surface area contributed by atoms with Crippen molar-refractivity contribution in [3.05, 3.63) is 21.9 Å². The molecule has 1 aromatic heterocycles. The zero-order chi connectivity index (χ0) is 9.26. The van der Waals surface area contributed by atoms with E-state index in [1.807, 2.05) is 5.38 Å². The Labute approximate surface area is 86.4 Å². The number of hydrogen-bond donors (Lipinski definition) is 0. The lowest BCUT2D eigenvalue weighted by atomic mass is 10.3. The van der Waals surface area contributed by atoms with Gasteiger partial charge < -0.3 is 9.47 Å². The Morgan fingerprint density at radius 1 is 1.69 bits per heavy atom. The van der Waals surface area contributed by atoms with Crippen LogP contribution in [-0.2, 0) is 9.47 Å². The number of rotatable bonds is 2. The summed E-state index contributed by atoms with van der Waals surface area (Å²) in [6.45, 7) is 2.66. The number of alkyl halides is 1. The summed E-state index contributed by atoms with van der Waals surface area (Å²) in [7, 11) is 0. The van der Waals surface area contributed by atoms with Gasteiger partial charge in [0.25, 0.3) is 0 Å². The van der Waals surface area contributed by atoms with Crippen LogP contribution in [-0.4, -0.2) is 18.6 Å². The summed E-state index contributed by atoms with van der Waals surface area (Å²) in [5, 5.41) is 2.05. The molecule has 2 rings (SSSR count). The first-order valence-electron chi connectivity index (χ1n) is 4.18. The molecule has 0 unspecified atom stereocenters. The summed E-state index contributed by atoms with van der Waals surface area (Å²) >= 11 is 7.34. The highest BCUT2D eigenvalue weighted by Gasteiger charge is 2.28. The molecule has 0 radical (unpaired) electrons. The zero-order valence-corrected chi connectivity index (χ0v) is 8.90. The van der Waals surface area contributed by atoms with Gasteiger partial charge in [-0.1, -0.05) is 0 Å². The summed E-state index contributed by atoms with van der Waals surface area (Å²) in [5.41, 5.74) is 1.23. The van der Waals surface area contributed by atoms with E-state index in [4.69, 9.17) is 21.1 Å². The van der Waals surface area contributed by atoms with E-state index < -0.39 is 0 Å². The average Bonchev–Trinajstić information content (AvgIpc) is 2.71. The molecular weight excluding hydrogens is 208 g/mol. The SMILES string of the molecule is Cc1ccsc1[C@H]1OC[C@@H](CCl)O1. The lowest BCUT2D eigenvalue weighted by Crippen LogP contribution is -2.10. The average molecular weight is 219 g/mol. The topological polar surface area (TPSA) is 18.5 Å². The standard InChI is InChI=1S/C9H11ClO2S/c1-6-2-3-13-8(6)9-11-5-7(4-10)12-9/h2-3,7,9H,4-5H2,1H3/t7-,9+/m1/s1. The molecule has 0 aliphatic carbocycles. The molecule has 1 fully saturated rings. The van der Waals surface area contributed by atoms with Crippen molar-refractivity contribution in [3.8, 4) is 0 Å². The van der Waals surface area contributed by atoms with Crippen molar-refractivity contribution in [2.24, 2.45) is 0 Å². The summed E-state index contributed by atoms with van der Waals surface area (Å²) in [4.78, 5) is 1.16. The van der Waals surface area contributed by atoms with Crippen molar-refractivity contribution in [2.45, 2.75) is 19.3 Å². The maximum atomic E-state index is 5.67. The maximum absolute atomic E-state index is 5.67. The van der Waals surface area contributed by atoms with Crippen molar-refractivity contribution < 1.29 is 9.47 Å². The minimum atomic E-state index is -0.191. The molecule has 13 heavy (non-hydrogen) atoms. The molecule has 2 atom stereocenters. The van der Waals surface area contributed by atoms with Crippen LogP contribution in [0.4, 0.5) is 0 Å². The Morgan fingerprint density at radius 2 is 2.54 bits per heavy atom. The first-order valence-corrected chi connectivity index (χ1v) is 5.59. The molecule has 0 bridgehead atoms. The van der Waals surface area contributed by atoms with Crippen LogP contribution < -0.4 is 0 Å². The fourth-order valence-electron chi connectivity index (χ4n) is 1.29. The molecule has 1 aliphatic heterocycles. The fourth-order valence-corrected chi connectivity index (χ4v) is 2.36. The molecular formula is C9H11ClO2S. The second-order valence-corrected chi connectivity index (χ2v) is 4.30. The lowest BCUT2D eigenvalue weighted by molar-refractivity contribution is -0.0544. The van der Waals surface area contributed by atoms with Gasteiger partial charge in [0, 0.05) is 0 Å². The summed E-state index contributed by atoms with van der Waals surface area (Å²) in [6, 6.07) is 2.07. The summed E-state index contributed by atoms with van der Waals surface area (Å²) < 4.78 is 11.1. The molecule has 2 nitrogen and oxygen atoms in total. The molecule has 1 aliphatic rings. The molecule has 1 saturated heterocycles. The van der Waals surface area contributed by atoms with Gasteiger partial charge in [-0.2, -0.15) is 0 Å². The largest absolute Gasteiger partial charge is 0.345 e. The van der Waals surface area contributed by atoms with Crippen LogP contribution in [0.25, 0.3) is 0 Å². The van der Waals surface area contributed by atoms with Gasteiger partial charge in [0.1, 0.15) is 0 Å².